The summed E-state index contributed by atoms with van der Waals surface area (Å²) in [5.74, 6) is -1.48. The Bertz CT molecular complexity index is 1190. The fourth-order valence-electron chi connectivity index (χ4n) is 4.29. The molecule has 2 aliphatic rings. The minimum Gasteiger partial charge on any atom is -0.480 e. The lowest BCUT2D eigenvalue weighted by Gasteiger charge is -2.18. The van der Waals surface area contributed by atoms with Crippen molar-refractivity contribution in [3.05, 3.63) is 71.4 Å². The zero-order valence-corrected chi connectivity index (χ0v) is 17.7. The van der Waals surface area contributed by atoms with E-state index in [0.29, 0.717) is 0 Å². The Morgan fingerprint density at radius 1 is 1.06 bits per heavy atom. The van der Waals surface area contributed by atoms with Crippen molar-refractivity contribution in [2.75, 3.05) is 18.5 Å². The highest BCUT2D eigenvalue weighted by atomic mass is 16.5. The Morgan fingerprint density at radius 3 is 2.30 bits per heavy atom. The molecule has 2 aliphatic carbocycles. The van der Waals surface area contributed by atoms with Crippen LogP contribution in [-0.2, 0) is 9.53 Å². The van der Waals surface area contributed by atoms with E-state index in [-0.39, 0.29) is 36.6 Å². The second kappa shape index (κ2) is 8.42. The third-order valence-electron chi connectivity index (χ3n) is 5.94. The van der Waals surface area contributed by atoms with Crippen LogP contribution in [0.15, 0.2) is 54.6 Å². The number of nitrogens with zero attached hydrogens (tertiary/aromatic N) is 2. The standard InChI is InChI=1S/C24H22N4O5/c29-22(30)12-28(14-9-10-14)23(31)20-11-21(27-26-20)25-24(32)33-13-19-17-7-3-1-5-15(17)16-6-2-4-8-18(16)19/h1-8,11,14,19H,9-10,12-13H2,(H,29,30)(H2,25,26,27,32). The number of H-pyrrole nitrogens is 1. The van der Waals surface area contributed by atoms with E-state index in [4.69, 9.17) is 9.84 Å². The first-order chi connectivity index (χ1) is 16.0. The smallest absolute Gasteiger partial charge is 0.412 e. The number of benzene rings is 2. The number of aromatic amines is 1. The third-order valence-corrected chi connectivity index (χ3v) is 5.94. The van der Waals surface area contributed by atoms with E-state index in [0.717, 1.165) is 35.1 Å². The summed E-state index contributed by atoms with van der Waals surface area (Å²) in [4.78, 5) is 37.4. The molecule has 1 aromatic heterocycles. The molecule has 0 saturated heterocycles. The quantitative estimate of drug-likeness (QED) is 0.511. The summed E-state index contributed by atoms with van der Waals surface area (Å²) in [6, 6.07) is 17.4. The van der Waals surface area contributed by atoms with Gasteiger partial charge in [0.1, 0.15) is 18.8 Å². The van der Waals surface area contributed by atoms with Crippen LogP contribution in [0, 0.1) is 0 Å². The molecule has 9 heteroatoms. The average Bonchev–Trinajstić information content (AvgIpc) is 3.47. The SMILES string of the molecule is O=C(O)CN(C(=O)c1cc(NC(=O)OCC2c3ccccc3-c3ccccc32)n[nH]1)C1CC1. The molecule has 0 atom stereocenters. The van der Waals surface area contributed by atoms with Gasteiger partial charge in [-0.25, -0.2) is 4.79 Å². The van der Waals surface area contributed by atoms with Gasteiger partial charge in [-0.05, 0) is 35.1 Å². The molecule has 0 radical (unpaired) electrons. The molecule has 33 heavy (non-hydrogen) atoms. The number of carbonyl (C=O) groups excluding carboxylic acids is 2. The van der Waals surface area contributed by atoms with Gasteiger partial charge in [0.15, 0.2) is 5.82 Å². The second-order valence-corrected chi connectivity index (χ2v) is 8.18. The number of anilines is 1. The summed E-state index contributed by atoms with van der Waals surface area (Å²) < 4.78 is 5.48. The number of aromatic nitrogens is 2. The largest absolute Gasteiger partial charge is 0.480 e. The maximum Gasteiger partial charge on any atom is 0.412 e. The molecule has 2 aromatic carbocycles. The summed E-state index contributed by atoms with van der Waals surface area (Å²) in [7, 11) is 0. The van der Waals surface area contributed by atoms with E-state index in [1.165, 1.54) is 11.0 Å². The monoisotopic (exact) mass is 446 g/mol. The van der Waals surface area contributed by atoms with Crippen LogP contribution >= 0.6 is 0 Å². The average molecular weight is 446 g/mol. The van der Waals surface area contributed by atoms with E-state index in [9.17, 15) is 14.4 Å². The fourth-order valence-corrected chi connectivity index (χ4v) is 4.29. The molecular weight excluding hydrogens is 424 g/mol. The van der Waals surface area contributed by atoms with Gasteiger partial charge >= 0.3 is 12.1 Å². The van der Waals surface area contributed by atoms with Crippen LogP contribution in [0.1, 0.15) is 40.4 Å². The summed E-state index contributed by atoms with van der Waals surface area (Å²) in [5.41, 5.74) is 4.60. The lowest BCUT2D eigenvalue weighted by atomic mass is 9.98. The molecule has 3 aromatic rings. The van der Waals surface area contributed by atoms with E-state index >= 15 is 0 Å². The van der Waals surface area contributed by atoms with Crippen LogP contribution in [0.2, 0.25) is 0 Å². The minimum atomic E-state index is -1.08. The zero-order chi connectivity index (χ0) is 22.9. The van der Waals surface area contributed by atoms with Gasteiger partial charge in [-0.2, -0.15) is 5.10 Å². The molecule has 168 valence electrons. The number of fused-ring (bicyclic) bond motifs is 3. The molecule has 1 fully saturated rings. The number of carboxylic acids is 1. The van der Waals surface area contributed by atoms with Crippen molar-refractivity contribution in [3.8, 4) is 11.1 Å². The molecule has 0 spiro atoms. The van der Waals surface area contributed by atoms with Gasteiger partial charge in [0.05, 0.1) is 0 Å². The van der Waals surface area contributed by atoms with Crippen molar-refractivity contribution >= 4 is 23.8 Å². The van der Waals surface area contributed by atoms with Crippen molar-refractivity contribution in [1.29, 1.82) is 0 Å². The van der Waals surface area contributed by atoms with Gasteiger partial charge in [0.2, 0.25) is 0 Å². The minimum absolute atomic E-state index is 0.0670. The molecule has 0 aliphatic heterocycles. The van der Waals surface area contributed by atoms with Gasteiger partial charge in [-0.15, -0.1) is 0 Å². The van der Waals surface area contributed by atoms with Gasteiger partial charge < -0.3 is 14.7 Å². The third kappa shape index (κ3) is 4.17. The summed E-state index contributed by atoms with van der Waals surface area (Å²) in [6.07, 6.45) is 0.864. The van der Waals surface area contributed by atoms with Crippen LogP contribution < -0.4 is 5.32 Å². The van der Waals surface area contributed by atoms with E-state index in [2.05, 4.69) is 27.6 Å². The Labute approximate surface area is 189 Å². The first-order valence-electron chi connectivity index (χ1n) is 10.7. The number of ether oxygens (including phenoxy) is 1. The van der Waals surface area contributed by atoms with Gasteiger partial charge in [-0.3, -0.25) is 20.0 Å². The number of nitrogens with one attached hydrogen (secondary N) is 2. The van der Waals surface area contributed by atoms with Gasteiger partial charge in [0, 0.05) is 18.0 Å². The number of amides is 2. The van der Waals surface area contributed by atoms with Crippen molar-refractivity contribution < 1.29 is 24.2 Å². The summed E-state index contributed by atoms with van der Waals surface area (Å²) >= 11 is 0. The first kappa shape index (κ1) is 20.7. The predicted octanol–water partition coefficient (Wildman–Crippen LogP) is 3.46. The number of carbonyl (C=O) groups is 3. The fraction of sp³-hybridized carbons (Fsp3) is 0.250. The second-order valence-electron chi connectivity index (χ2n) is 8.18. The highest BCUT2D eigenvalue weighted by molar-refractivity contribution is 5.96. The number of hydrogen-bond acceptors (Lipinski definition) is 5. The van der Waals surface area contributed by atoms with Crippen LogP contribution in [0.25, 0.3) is 11.1 Å². The lowest BCUT2D eigenvalue weighted by molar-refractivity contribution is -0.137. The van der Waals surface area contributed by atoms with Crippen molar-refractivity contribution in [2.24, 2.45) is 0 Å². The Kier molecular flexibility index (Phi) is 5.29. The topological polar surface area (TPSA) is 125 Å². The van der Waals surface area contributed by atoms with E-state index in [1.807, 2.05) is 36.4 Å². The van der Waals surface area contributed by atoms with Crippen LogP contribution in [0.4, 0.5) is 10.6 Å². The number of rotatable bonds is 7. The molecule has 9 nitrogen and oxygen atoms in total. The Morgan fingerprint density at radius 2 is 1.70 bits per heavy atom. The van der Waals surface area contributed by atoms with E-state index in [1.54, 1.807) is 0 Å². The predicted molar refractivity (Wildman–Crippen MR) is 119 cm³/mol. The Hall–Kier alpha value is -4.14. The molecule has 5 rings (SSSR count). The normalized spacial score (nSPS) is 14.3. The zero-order valence-electron chi connectivity index (χ0n) is 17.7. The summed E-state index contributed by atoms with van der Waals surface area (Å²) in [5, 5.41) is 18.1. The number of aliphatic carboxylic acids is 1. The van der Waals surface area contributed by atoms with Crippen molar-refractivity contribution in [1.82, 2.24) is 15.1 Å². The first-order valence-corrected chi connectivity index (χ1v) is 10.7. The summed E-state index contributed by atoms with van der Waals surface area (Å²) in [6.45, 7) is -0.220. The van der Waals surface area contributed by atoms with Crippen molar-refractivity contribution in [2.45, 2.75) is 24.8 Å². The molecule has 3 N–H and O–H groups in total. The van der Waals surface area contributed by atoms with Crippen LogP contribution in [0.3, 0.4) is 0 Å². The molecule has 2 amide bonds. The highest BCUT2D eigenvalue weighted by Gasteiger charge is 2.35. The van der Waals surface area contributed by atoms with Gasteiger partial charge in [-0.1, -0.05) is 48.5 Å². The molecular formula is C24H22N4O5. The molecule has 1 heterocycles. The highest BCUT2D eigenvalue weighted by Crippen LogP contribution is 2.44. The molecule has 0 bridgehead atoms. The number of hydrogen-bond donors (Lipinski definition) is 3. The van der Waals surface area contributed by atoms with Crippen LogP contribution in [0.5, 0.6) is 0 Å². The van der Waals surface area contributed by atoms with Gasteiger partial charge in [0.25, 0.3) is 5.91 Å². The molecule has 0 unspecified atom stereocenters. The lowest BCUT2D eigenvalue weighted by Crippen LogP contribution is -2.37. The van der Waals surface area contributed by atoms with E-state index < -0.39 is 18.0 Å². The van der Waals surface area contributed by atoms with Crippen LogP contribution in [-0.4, -0.2) is 57.4 Å². The molecule has 1 saturated carbocycles. The van der Waals surface area contributed by atoms with Crippen molar-refractivity contribution in [3.63, 3.8) is 0 Å². The Balaban J connectivity index is 1.23. The maximum absolute atomic E-state index is 12.6. The maximum atomic E-state index is 12.6. The number of carboxylic acid groups (broad SMARTS) is 1.